The second-order valence-electron chi connectivity index (χ2n) is 6.84. The lowest BCUT2D eigenvalue weighted by molar-refractivity contribution is 0.0702. The zero-order valence-electron chi connectivity index (χ0n) is 16.3. The molecule has 0 spiro atoms. The summed E-state index contributed by atoms with van der Waals surface area (Å²) in [5, 5.41) is 9.59. The molecule has 0 saturated carbocycles. The number of ether oxygens (including phenoxy) is 1. The molecule has 0 aliphatic carbocycles. The minimum absolute atomic E-state index is 0.145. The second-order valence-corrected chi connectivity index (χ2v) is 8.08. The highest BCUT2D eigenvalue weighted by Crippen LogP contribution is 2.25. The van der Waals surface area contributed by atoms with Gasteiger partial charge in [-0.15, -0.1) is 0 Å². The molecule has 0 saturated heterocycles. The van der Waals surface area contributed by atoms with Gasteiger partial charge < -0.3 is 14.8 Å². The standard InChI is InChI=1S/C22H14ClN5O3S/c23-14-3-5-17-18(7-14)27-21(26-17)13-1-4-16(24-10-13)12-2-6-20(25-9-12)31-11-15-8-19(22(29)30)32-28-15/h1-10H,11H2,(H,26,27)(H,29,30). The van der Waals surface area contributed by atoms with Crippen LogP contribution in [0.2, 0.25) is 5.02 Å². The maximum absolute atomic E-state index is 10.9. The molecule has 0 aliphatic heterocycles. The van der Waals surface area contributed by atoms with Crippen LogP contribution in [0.3, 0.4) is 0 Å². The summed E-state index contributed by atoms with van der Waals surface area (Å²) < 4.78 is 9.64. The van der Waals surface area contributed by atoms with Crippen molar-refractivity contribution in [3.8, 4) is 28.5 Å². The predicted octanol–water partition coefficient (Wildman–Crippen LogP) is 5.07. The van der Waals surface area contributed by atoms with E-state index in [-0.39, 0.29) is 11.5 Å². The van der Waals surface area contributed by atoms with Crippen LogP contribution >= 0.6 is 23.1 Å². The van der Waals surface area contributed by atoms with E-state index in [1.54, 1.807) is 18.5 Å². The normalized spacial score (nSPS) is 11.0. The summed E-state index contributed by atoms with van der Waals surface area (Å²) in [4.78, 5) is 27.7. The van der Waals surface area contributed by atoms with Crippen LogP contribution in [0.25, 0.3) is 33.7 Å². The van der Waals surface area contributed by atoms with Crippen LogP contribution in [0.15, 0.2) is 60.9 Å². The number of carboxylic acids is 1. The molecule has 5 aromatic rings. The molecule has 4 aromatic heterocycles. The van der Waals surface area contributed by atoms with Gasteiger partial charge in [0.15, 0.2) is 0 Å². The van der Waals surface area contributed by atoms with Gasteiger partial charge in [0.05, 0.1) is 22.4 Å². The topological polar surface area (TPSA) is 114 Å². The molecule has 0 aliphatic rings. The highest BCUT2D eigenvalue weighted by atomic mass is 35.5. The minimum Gasteiger partial charge on any atom is -0.477 e. The molecule has 0 bridgehead atoms. The molecule has 0 unspecified atom stereocenters. The van der Waals surface area contributed by atoms with Crippen LogP contribution in [-0.4, -0.2) is 35.4 Å². The number of aromatic amines is 1. The number of halogens is 1. The van der Waals surface area contributed by atoms with Crippen molar-refractivity contribution in [2.75, 3.05) is 0 Å². The average molecular weight is 464 g/mol. The fourth-order valence-corrected chi connectivity index (χ4v) is 3.82. The van der Waals surface area contributed by atoms with Crippen molar-refractivity contribution in [3.63, 3.8) is 0 Å². The predicted molar refractivity (Wildman–Crippen MR) is 121 cm³/mol. The summed E-state index contributed by atoms with van der Waals surface area (Å²) in [7, 11) is 0. The van der Waals surface area contributed by atoms with Crippen molar-refractivity contribution >= 4 is 40.1 Å². The molecule has 4 heterocycles. The number of aromatic nitrogens is 5. The zero-order chi connectivity index (χ0) is 22.1. The number of carboxylic acid groups (broad SMARTS) is 1. The molecule has 0 radical (unpaired) electrons. The molecule has 0 fully saturated rings. The molecular weight excluding hydrogens is 450 g/mol. The monoisotopic (exact) mass is 463 g/mol. The lowest BCUT2D eigenvalue weighted by atomic mass is 10.1. The Morgan fingerprint density at radius 3 is 2.62 bits per heavy atom. The third-order valence-corrected chi connectivity index (χ3v) is 5.70. The van der Waals surface area contributed by atoms with E-state index in [1.165, 1.54) is 6.07 Å². The van der Waals surface area contributed by atoms with Gasteiger partial charge in [-0.3, -0.25) is 4.98 Å². The number of carbonyl (C=O) groups is 1. The van der Waals surface area contributed by atoms with E-state index >= 15 is 0 Å². The van der Waals surface area contributed by atoms with E-state index in [1.807, 2.05) is 36.4 Å². The van der Waals surface area contributed by atoms with Crippen molar-refractivity contribution in [1.29, 1.82) is 0 Å². The third-order valence-electron chi connectivity index (χ3n) is 4.65. The summed E-state index contributed by atoms with van der Waals surface area (Å²) in [6, 6.07) is 14.4. The van der Waals surface area contributed by atoms with Gasteiger partial charge in [-0.05, 0) is 54.0 Å². The van der Waals surface area contributed by atoms with Crippen molar-refractivity contribution in [2.24, 2.45) is 0 Å². The zero-order valence-corrected chi connectivity index (χ0v) is 17.9. The Morgan fingerprint density at radius 2 is 1.91 bits per heavy atom. The number of hydrogen-bond donors (Lipinski definition) is 2. The smallest absolute Gasteiger partial charge is 0.347 e. The van der Waals surface area contributed by atoms with Crippen molar-refractivity contribution in [3.05, 3.63) is 76.5 Å². The first kappa shape index (κ1) is 20.1. The number of pyridine rings is 2. The lowest BCUT2D eigenvalue weighted by Crippen LogP contribution is -1.98. The van der Waals surface area contributed by atoms with E-state index in [0.717, 1.165) is 45.2 Å². The van der Waals surface area contributed by atoms with E-state index in [0.29, 0.717) is 16.6 Å². The summed E-state index contributed by atoms with van der Waals surface area (Å²) in [6.07, 6.45) is 3.42. The Kier molecular flexibility index (Phi) is 5.26. The average Bonchev–Trinajstić information content (AvgIpc) is 3.45. The van der Waals surface area contributed by atoms with Crippen LogP contribution in [0.4, 0.5) is 0 Å². The Bertz CT molecular complexity index is 1410. The second kappa shape index (κ2) is 8.37. The SMILES string of the molecule is O=C(O)c1cc(COc2ccc(-c3ccc(-c4nc5cc(Cl)ccc5[nH]4)cn3)cn2)ns1. The fraction of sp³-hybridized carbons (Fsp3) is 0.0455. The molecule has 0 amide bonds. The first-order valence-corrected chi connectivity index (χ1v) is 10.6. The number of aromatic carboxylic acids is 1. The van der Waals surface area contributed by atoms with Crippen LogP contribution in [0.5, 0.6) is 5.88 Å². The number of hydrogen-bond acceptors (Lipinski definition) is 7. The molecular formula is C22H14ClN5O3S. The fourth-order valence-electron chi connectivity index (χ4n) is 3.07. The summed E-state index contributed by atoms with van der Waals surface area (Å²) in [5.41, 5.74) is 4.71. The summed E-state index contributed by atoms with van der Waals surface area (Å²) in [6.45, 7) is 0.145. The molecule has 32 heavy (non-hydrogen) atoms. The largest absolute Gasteiger partial charge is 0.477 e. The van der Waals surface area contributed by atoms with Crippen LogP contribution in [0, 0.1) is 0 Å². The number of nitrogens with zero attached hydrogens (tertiary/aromatic N) is 4. The minimum atomic E-state index is -1.00. The van der Waals surface area contributed by atoms with Gasteiger partial charge >= 0.3 is 5.97 Å². The number of benzene rings is 1. The number of imidazole rings is 1. The van der Waals surface area contributed by atoms with Crippen LogP contribution in [-0.2, 0) is 6.61 Å². The number of H-pyrrole nitrogens is 1. The van der Waals surface area contributed by atoms with Gasteiger partial charge in [0.25, 0.3) is 0 Å². The van der Waals surface area contributed by atoms with Gasteiger partial charge in [0.2, 0.25) is 5.88 Å². The molecule has 1 aromatic carbocycles. The van der Waals surface area contributed by atoms with Crippen LogP contribution in [0.1, 0.15) is 15.4 Å². The molecule has 5 rings (SSSR count). The van der Waals surface area contributed by atoms with Gasteiger partial charge in [0, 0.05) is 34.6 Å². The Balaban J connectivity index is 1.27. The number of rotatable bonds is 6. The Labute approximate surface area is 190 Å². The summed E-state index contributed by atoms with van der Waals surface area (Å²) in [5.74, 6) is 0.131. The molecule has 0 atom stereocenters. The third kappa shape index (κ3) is 4.16. The van der Waals surface area contributed by atoms with Crippen LogP contribution < -0.4 is 4.74 Å². The maximum atomic E-state index is 10.9. The Morgan fingerprint density at radius 1 is 1.06 bits per heavy atom. The van der Waals surface area contributed by atoms with E-state index in [4.69, 9.17) is 21.4 Å². The van der Waals surface area contributed by atoms with Gasteiger partial charge in [-0.25, -0.2) is 14.8 Å². The van der Waals surface area contributed by atoms with Gasteiger partial charge in [0.1, 0.15) is 17.3 Å². The Hall–Kier alpha value is -3.82. The highest BCUT2D eigenvalue weighted by molar-refractivity contribution is 7.08. The van der Waals surface area contributed by atoms with E-state index in [9.17, 15) is 4.79 Å². The van der Waals surface area contributed by atoms with E-state index < -0.39 is 5.97 Å². The van der Waals surface area contributed by atoms with Gasteiger partial charge in [-0.1, -0.05) is 11.6 Å². The van der Waals surface area contributed by atoms with Gasteiger partial charge in [-0.2, -0.15) is 4.37 Å². The first-order chi connectivity index (χ1) is 15.5. The van der Waals surface area contributed by atoms with E-state index in [2.05, 4.69) is 24.3 Å². The van der Waals surface area contributed by atoms with Crippen molar-refractivity contribution in [1.82, 2.24) is 24.3 Å². The molecule has 158 valence electrons. The van der Waals surface area contributed by atoms with Crippen molar-refractivity contribution < 1.29 is 14.6 Å². The van der Waals surface area contributed by atoms with Crippen molar-refractivity contribution in [2.45, 2.75) is 6.61 Å². The number of nitrogens with one attached hydrogen (secondary N) is 1. The maximum Gasteiger partial charge on any atom is 0.347 e. The quantitative estimate of drug-likeness (QED) is 0.361. The number of fused-ring (bicyclic) bond motifs is 1. The molecule has 10 heteroatoms. The first-order valence-electron chi connectivity index (χ1n) is 9.45. The molecule has 8 nitrogen and oxygen atoms in total. The lowest BCUT2D eigenvalue weighted by Gasteiger charge is -2.05. The highest BCUT2D eigenvalue weighted by Gasteiger charge is 2.10. The molecule has 2 N–H and O–H groups in total. The summed E-state index contributed by atoms with van der Waals surface area (Å²) >= 11 is 6.95.